The van der Waals surface area contributed by atoms with Gasteiger partial charge in [-0.15, -0.1) is 0 Å². The number of aryl methyl sites for hydroxylation is 1. The number of hydrogen-bond acceptors (Lipinski definition) is 4. The molecule has 5 nitrogen and oxygen atoms in total. The van der Waals surface area contributed by atoms with Crippen LogP contribution in [0.2, 0.25) is 0 Å². The van der Waals surface area contributed by atoms with Crippen molar-refractivity contribution in [1.82, 2.24) is 4.90 Å². The van der Waals surface area contributed by atoms with Crippen LogP contribution in [0.25, 0.3) is 0 Å². The lowest BCUT2D eigenvalue weighted by Gasteiger charge is -2.35. The number of hydrogen-bond donors (Lipinski definition) is 1. The first-order valence-corrected chi connectivity index (χ1v) is 8.66. The first-order chi connectivity index (χ1) is 11.3. The number of amides is 1. The summed E-state index contributed by atoms with van der Waals surface area (Å²) in [5, 5.41) is 0. The monoisotopic (exact) mass is 318 g/mol. The van der Waals surface area contributed by atoms with E-state index in [2.05, 4.69) is 0 Å². The van der Waals surface area contributed by atoms with Crippen molar-refractivity contribution >= 4 is 5.91 Å². The van der Waals surface area contributed by atoms with Crippen LogP contribution in [0.4, 0.5) is 0 Å². The number of likely N-dealkylation sites (tertiary alicyclic amines) is 1. The van der Waals surface area contributed by atoms with Gasteiger partial charge in [0, 0.05) is 32.0 Å². The fraction of sp³-hybridized carbons (Fsp3) is 0.611. The van der Waals surface area contributed by atoms with Crippen LogP contribution in [0, 0.1) is 0 Å². The zero-order valence-electron chi connectivity index (χ0n) is 13.6. The van der Waals surface area contributed by atoms with Crippen molar-refractivity contribution in [3.05, 3.63) is 23.8 Å². The molecule has 1 amide bonds. The molecule has 2 N–H and O–H groups in total. The van der Waals surface area contributed by atoms with Gasteiger partial charge < -0.3 is 20.1 Å². The minimum absolute atomic E-state index is 0.215. The SMILES string of the molecule is NCC1CCCCN1C(=O)CCc1ccc2c(c1)OCCCO2. The van der Waals surface area contributed by atoms with Gasteiger partial charge in [-0.05, 0) is 43.4 Å². The summed E-state index contributed by atoms with van der Waals surface area (Å²) in [7, 11) is 0. The molecule has 23 heavy (non-hydrogen) atoms. The maximum atomic E-state index is 12.5. The molecule has 0 saturated carbocycles. The van der Waals surface area contributed by atoms with E-state index in [0.717, 1.165) is 49.3 Å². The highest BCUT2D eigenvalue weighted by Crippen LogP contribution is 2.31. The topological polar surface area (TPSA) is 64.8 Å². The second-order valence-electron chi connectivity index (χ2n) is 6.30. The third kappa shape index (κ3) is 3.96. The van der Waals surface area contributed by atoms with E-state index in [1.165, 1.54) is 6.42 Å². The molecule has 1 aromatic carbocycles. The number of piperidine rings is 1. The Bertz CT molecular complexity index is 547. The fourth-order valence-corrected chi connectivity index (χ4v) is 3.33. The van der Waals surface area contributed by atoms with Gasteiger partial charge in [-0.3, -0.25) is 4.79 Å². The fourth-order valence-electron chi connectivity index (χ4n) is 3.33. The molecule has 1 saturated heterocycles. The van der Waals surface area contributed by atoms with E-state index in [-0.39, 0.29) is 11.9 Å². The molecule has 1 aromatic rings. The van der Waals surface area contributed by atoms with Crippen LogP contribution in [-0.2, 0) is 11.2 Å². The van der Waals surface area contributed by atoms with Crippen molar-refractivity contribution in [1.29, 1.82) is 0 Å². The molecule has 1 atom stereocenters. The lowest BCUT2D eigenvalue weighted by molar-refractivity contribution is -0.134. The minimum atomic E-state index is 0.215. The van der Waals surface area contributed by atoms with E-state index in [4.69, 9.17) is 15.2 Å². The molecular weight excluding hydrogens is 292 g/mol. The number of ether oxygens (including phenoxy) is 2. The van der Waals surface area contributed by atoms with Gasteiger partial charge in [0.25, 0.3) is 0 Å². The second kappa shape index (κ2) is 7.68. The van der Waals surface area contributed by atoms with Gasteiger partial charge in [-0.25, -0.2) is 0 Å². The van der Waals surface area contributed by atoms with Gasteiger partial charge in [0.2, 0.25) is 5.91 Å². The van der Waals surface area contributed by atoms with Crippen molar-refractivity contribution in [3.63, 3.8) is 0 Å². The molecule has 3 rings (SSSR count). The summed E-state index contributed by atoms with van der Waals surface area (Å²) >= 11 is 0. The van der Waals surface area contributed by atoms with Crippen molar-refractivity contribution in [3.8, 4) is 11.5 Å². The largest absolute Gasteiger partial charge is 0.490 e. The minimum Gasteiger partial charge on any atom is -0.490 e. The Hall–Kier alpha value is -1.75. The number of benzene rings is 1. The van der Waals surface area contributed by atoms with Crippen LogP contribution >= 0.6 is 0 Å². The Labute approximate surface area is 137 Å². The van der Waals surface area contributed by atoms with Crippen LogP contribution in [0.5, 0.6) is 11.5 Å². The van der Waals surface area contributed by atoms with Gasteiger partial charge in [0.1, 0.15) is 0 Å². The van der Waals surface area contributed by atoms with Crippen LogP contribution in [0.3, 0.4) is 0 Å². The molecule has 1 unspecified atom stereocenters. The van der Waals surface area contributed by atoms with Gasteiger partial charge in [0.15, 0.2) is 11.5 Å². The van der Waals surface area contributed by atoms with Crippen LogP contribution in [0.15, 0.2) is 18.2 Å². The molecule has 0 bridgehead atoms. The quantitative estimate of drug-likeness (QED) is 0.923. The maximum absolute atomic E-state index is 12.5. The van der Waals surface area contributed by atoms with Crippen molar-refractivity contribution in [2.45, 2.75) is 44.6 Å². The molecular formula is C18H26N2O3. The number of carbonyl (C=O) groups is 1. The van der Waals surface area contributed by atoms with Gasteiger partial charge in [-0.1, -0.05) is 6.07 Å². The Morgan fingerprint density at radius 1 is 1.17 bits per heavy atom. The van der Waals surface area contributed by atoms with Gasteiger partial charge >= 0.3 is 0 Å². The molecule has 1 fully saturated rings. The highest BCUT2D eigenvalue weighted by molar-refractivity contribution is 5.77. The molecule has 0 radical (unpaired) electrons. The van der Waals surface area contributed by atoms with E-state index in [1.807, 2.05) is 23.1 Å². The highest BCUT2D eigenvalue weighted by atomic mass is 16.5. The third-order valence-corrected chi connectivity index (χ3v) is 4.66. The summed E-state index contributed by atoms with van der Waals surface area (Å²) in [6, 6.07) is 6.20. The first-order valence-electron chi connectivity index (χ1n) is 8.66. The summed E-state index contributed by atoms with van der Waals surface area (Å²) < 4.78 is 11.3. The summed E-state index contributed by atoms with van der Waals surface area (Å²) in [5.41, 5.74) is 6.92. The van der Waals surface area contributed by atoms with Crippen LogP contribution < -0.4 is 15.2 Å². The summed E-state index contributed by atoms with van der Waals surface area (Å²) in [6.07, 6.45) is 5.45. The Balaban J connectivity index is 1.59. The summed E-state index contributed by atoms with van der Waals surface area (Å²) in [6.45, 7) is 2.79. The number of carbonyl (C=O) groups excluding carboxylic acids is 1. The highest BCUT2D eigenvalue weighted by Gasteiger charge is 2.25. The Kier molecular flexibility index (Phi) is 5.39. The van der Waals surface area contributed by atoms with E-state index in [9.17, 15) is 4.79 Å². The standard InChI is InChI=1S/C18H26N2O3/c19-13-15-4-1-2-9-20(15)18(21)8-6-14-5-7-16-17(12-14)23-11-3-10-22-16/h5,7,12,15H,1-4,6,8-11,13,19H2. The zero-order chi connectivity index (χ0) is 16.1. The van der Waals surface area contributed by atoms with Gasteiger partial charge in [-0.2, -0.15) is 0 Å². The summed E-state index contributed by atoms with van der Waals surface area (Å²) in [4.78, 5) is 14.5. The van der Waals surface area contributed by atoms with E-state index < -0.39 is 0 Å². The smallest absolute Gasteiger partial charge is 0.223 e. The van der Waals surface area contributed by atoms with E-state index in [1.54, 1.807) is 0 Å². The molecule has 2 heterocycles. The van der Waals surface area contributed by atoms with Crippen molar-refractivity contribution in [2.24, 2.45) is 5.73 Å². The predicted octanol–water partition coefficient (Wildman–Crippen LogP) is 2.12. The molecule has 0 spiro atoms. The Morgan fingerprint density at radius 2 is 2.00 bits per heavy atom. The first kappa shape index (κ1) is 16.1. The number of nitrogens with zero attached hydrogens (tertiary/aromatic N) is 1. The predicted molar refractivity (Wildman–Crippen MR) is 88.8 cm³/mol. The molecule has 126 valence electrons. The van der Waals surface area contributed by atoms with Crippen LogP contribution in [0.1, 0.15) is 37.7 Å². The average molecular weight is 318 g/mol. The molecule has 0 aromatic heterocycles. The normalized spacial score (nSPS) is 20.9. The van der Waals surface area contributed by atoms with Crippen LogP contribution in [-0.4, -0.2) is 43.2 Å². The molecule has 0 aliphatic carbocycles. The maximum Gasteiger partial charge on any atom is 0.223 e. The molecule has 5 heteroatoms. The number of fused-ring (bicyclic) bond motifs is 1. The lowest BCUT2D eigenvalue weighted by Crippen LogP contribution is -2.47. The zero-order valence-corrected chi connectivity index (χ0v) is 13.6. The van der Waals surface area contributed by atoms with E-state index >= 15 is 0 Å². The third-order valence-electron chi connectivity index (χ3n) is 4.66. The number of rotatable bonds is 4. The van der Waals surface area contributed by atoms with Crippen molar-refractivity contribution in [2.75, 3.05) is 26.3 Å². The second-order valence-corrected chi connectivity index (χ2v) is 6.30. The lowest BCUT2D eigenvalue weighted by atomic mass is 10.0. The van der Waals surface area contributed by atoms with Gasteiger partial charge in [0.05, 0.1) is 13.2 Å². The van der Waals surface area contributed by atoms with E-state index in [0.29, 0.717) is 26.2 Å². The number of nitrogens with two attached hydrogens (primary N) is 1. The molecule has 2 aliphatic heterocycles. The summed E-state index contributed by atoms with van der Waals surface area (Å²) in [5.74, 6) is 1.81. The van der Waals surface area contributed by atoms with Crippen molar-refractivity contribution < 1.29 is 14.3 Å². The Morgan fingerprint density at radius 3 is 2.83 bits per heavy atom. The molecule has 2 aliphatic rings. The average Bonchev–Trinajstić information content (AvgIpc) is 2.84.